The van der Waals surface area contributed by atoms with Crippen LogP contribution in [0.15, 0.2) is 48.5 Å². The highest BCUT2D eigenvalue weighted by molar-refractivity contribution is 6.33. The van der Waals surface area contributed by atoms with Crippen LogP contribution in [0.5, 0.6) is 0 Å². The van der Waals surface area contributed by atoms with Crippen LogP contribution in [-0.2, 0) is 6.42 Å². The zero-order valence-electron chi connectivity index (χ0n) is 11.9. The average Bonchev–Trinajstić information content (AvgIpc) is 3.32. The Bertz CT molecular complexity index is 593. The smallest absolute Gasteiger partial charge is 0.0439 e. The normalized spacial score (nSPS) is 15.9. The Kier molecular flexibility index (Phi) is 4.84. The van der Waals surface area contributed by atoms with Gasteiger partial charge in [-0.1, -0.05) is 53.5 Å². The molecule has 2 aromatic rings. The molecule has 1 aliphatic carbocycles. The maximum Gasteiger partial charge on any atom is 0.0439 e. The summed E-state index contributed by atoms with van der Waals surface area (Å²) >= 11 is 12.4. The van der Waals surface area contributed by atoms with Crippen molar-refractivity contribution in [2.75, 3.05) is 6.54 Å². The van der Waals surface area contributed by atoms with Crippen molar-refractivity contribution < 1.29 is 0 Å². The molecule has 0 radical (unpaired) electrons. The lowest BCUT2D eigenvalue weighted by Crippen LogP contribution is -2.24. The second-order valence-corrected chi connectivity index (χ2v) is 6.57. The lowest BCUT2D eigenvalue weighted by molar-refractivity contribution is 0.577. The molecule has 0 aliphatic heterocycles. The van der Waals surface area contributed by atoms with Crippen LogP contribution < -0.4 is 5.32 Å². The summed E-state index contributed by atoms with van der Waals surface area (Å²) in [5.74, 6) is 0.419. The molecule has 1 nitrogen and oxygen atoms in total. The largest absolute Gasteiger partial charge is 0.313 e. The molecule has 1 N–H and O–H groups in total. The molecule has 3 heteroatoms. The molecule has 0 bridgehead atoms. The monoisotopic (exact) mass is 319 g/mol. The van der Waals surface area contributed by atoms with E-state index in [0.29, 0.717) is 12.0 Å². The van der Waals surface area contributed by atoms with Crippen LogP contribution in [0.25, 0.3) is 0 Å². The molecule has 1 fully saturated rings. The minimum Gasteiger partial charge on any atom is -0.313 e. The van der Waals surface area contributed by atoms with Crippen molar-refractivity contribution in [3.05, 3.63) is 69.7 Å². The molecule has 3 rings (SSSR count). The summed E-state index contributed by atoms with van der Waals surface area (Å²) in [6, 6.07) is 17.1. The first-order chi connectivity index (χ1) is 10.2. The fourth-order valence-corrected chi connectivity index (χ4v) is 2.98. The van der Waals surface area contributed by atoms with Crippen molar-refractivity contribution in [3.63, 3.8) is 0 Å². The first-order valence-electron chi connectivity index (χ1n) is 7.44. The fraction of sp³-hybridized carbons (Fsp3) is 0.333. The third-order valence-electron chi connectivity index (χ3n) is 3.98. The molecule has 2 aromatic carbocycles. The molecular weight excluding hydrogens is 301 g/mol. The predicted octanol–water partition coefficient (Wildman–Crippen LogP) is 5.07. The van der Waals surface area contributed by atoms with Gasteiger partial charge in [0.25, 0.3) is 0 Å². The van der Waals surface area contributed by atoms with Gasteiger partial charge in [-0.3, -0.25) is 0 Å². The Morgan fingerprint density at radius 3 is 2.52 bits per heavy atom. The third-order valence-corrected chi connectivity index (χ3v) is 4.58. The number of nitrogens with one attached hydrogen (secondary N) is 1. The van der Waals surface area contributed by atoms with E-state index in [4.69, 9.17) is 23.2 Å². The van der Waals surface area contributed by atoms with Crippen LogP contribution in [0.3, 0.4) is 0 Å². The van der Waals surface area contributed by atoms with Crippen LogP contribution in [0.4, 0.5) is 0 Å². The maximum atomic E-state index is 6.32. The maximum absolute atomic E-state index is 6.32. The number of hydrogen-bond acceptors (Lipinski definition) is 1. The average molecular weight is 320 g/mol. The van der Waals surface area contributed by atoms with Gasteiger partial charge in [-0.05, 0) is 48.6 Å². The van der Waals surface area contributed by atoms with E-state index in [9.17, 15) is 0 Å². The molecule has 110 valence electrons. The van der Waals surface area contributed by atoms with E-state index in [1.807, 2.05) is 18.2 Å². The summed E-state index contributed by atoms with van der Waals surface area (Å²) in [6.07, 6.45) is 3.52. The second kappa shape index (κ2) is 6.83. The molecule has 1 aliphatic rings. The summed E-state index contributed by atoms with van der Waals surface area (Å²) < 4.78 is 0. The third kappa shape index (κ3) is 4.23. The van der Waals surface area contributed by atoms with Crippen LogP contribution in [0, 0.1) is 0 Å². The molecule has 0 spiro atoms. The first-order valence-corrected chi connectivity index (χ1v) is 8.20. The molecule has 1 saturated carbocycles. The number of hydrogen-bond donors (Lipinski definition) is 1. The zero-order valence-corrected chi connectivity index (χ0v) is 13.4. The summed E-state index contributed by atoms with van der Waals surface area (Å²) in [5.41, 5.74) is 2.47. The Balaban J connectivity index is 1.78. The van der Waals surface area contributed by atoms with E-state index >= 15 is 0 Å². The lowest BCUT2D eigenvalue weighted by atomic mass is 9.92. The van der Waals surface area contributed by atoms with E-state index in [2.05, 4.69) is 35.6 Å². The van der Waals surface area contributed by atoms with E-state index in [0.717, 1.165) is 28.6 Å². The first kappa shape index (κ1) is 14.9. The van der Waals surface area contributed by atoms with E-state index in [1.54, 1.807) is 0 Å². The molecule has 21 heavy (non-hydrogen) atoms. The van der Waals surface area contributed by atoms with Crippen molar-refractivity contribution in [2.45, 2.75) is 31.2 Å². The topological polar surface area (TPSA) is 12.0 Å². The minimum atomic E-state index is 0.419. The highest BCUT2D eigenvalue weighted by Crippen LogP contribution is 2.28. The second-order valence-electron chi connectivity index (χ2n) is 5.73. The van der Waals surface area contributed by atoms with Crippen LogP contribution >= 0.6 is 23.2 Å². The van der Waals surface area contributed by atoms with Crippen LogP contribution in [0.1, 0.15) is 29.9 Å². The quantitative estimate of drug-likeness (QED) is 0.783. The molecule has 1 atom stereocenters. The minimum absolute atomic E-state index is 0.419. The van der Waals surface area contributed by atoms with E-state index in [1.165, 1.54) is 18.4 Å². The van der Waals surface area contributed by atoms with Crippen molar-refractivity contribution >= 4 is 23.2 Å². The van der Waals surface area contributed by atoms with Crippen molar-refractivity contribution in [2.24, 2.45) is 0 Å². The highest BCUT2D eigenvalue weighted by atomic mass is 35.5. The van der Waals surface area contributed by atoms with Crippen molar-refractivity contribution in [1.29, 1.82) is 0 Å². The summed E-state index contributed by atoms with van der Waals surface area (Å²) in [4.78, 5) is 0. The molecule has 0 aromatic heterocycles. The van der Waals surface area contributed by atoms with Gasteiger partial charge in [-0.25, -0.2) is 0 Å². The van der Waals surface area contributed by atoms with Gasteiger partial charge in [0, 0.05) is 28.5 Å². The highest BCUT2D eigenvalue weighted by Gasteiger charge is 2.23. The van der Waals surface area contributed by atoms with Gasteiger partial charge in [0.15, 0.2) is 0 Å². The fourth-order valence-electron chi connectivity index (χ4n) is 2.59. The standard InChI is InChI=1S/C18H19Cl2N/c19-16-6-9-18(20)14(11-16)10-15(12-21-17-7-8-17)13-4-2-1-3-5-13/h1-6,9,11,15,17,21H,7-8,10,12H2. The lowest BCUT2D eigenvalue weighted by Gasteiger charge is -2.19. The van der Waals surface area contributed by atoms with Gasteiger partial charge >= 0.3 is 0 Å². The van der Waals surface area contributed by atoms with Crippen LogP contribution in [0.2, 0.25) is 10.0 Å². The summed E-state index contributed by atoms with van der Waals surface area (Å²) in [6.45, 7) is 0.984. The summed E-state index contributed by atoms with van der Waals surface area (Å²) in [7, 11) is 0. The Morgan fingerprint density at radius 2 is 1.81 bits per heavy atom. The molecule has 1 unspecified atom stereocenters. The predicted molar refractivity (Wildman–Crippen MR) is 90.4 cm³/mol. The zero-order chi connectivity index (χ0) is 14.7. The van der Waals surface area contributed by atoms with Gasteiger partial charge in [-0.15, -0.1) is 0 Å². The van der Waals surface area contributed by atoms with E-state index in [-0.39, 0.29) is 0 Å². The van der Waals surface area contributed by atoms with Gasteiger partial charge in [-0.2, -0.15) is 0 Å². The molecular formula is C18H19Cl2N. The Hall–Kier alpha value is -1.02. The number of benzene rings is 2. The number of halogens is 2. The van der Waals surface area contributed by atoms with Crippen LogP contribution in [-0.4, -0.2) is 12.6 Å². The van der Waals surface area contributed by atoms with Crippen molar-refractivity contribution in [1.82, 2.24) is 5.32 Å². The van der Waals surface area contributed by atoms with Gasteiger partial charge in [0.2, 0.25) is 0 Å². The summed E-state index contributed by atoms with van der Waals surface area (Å²) in [5, 5.41) is 5.18. The Morgan fingerprint density at radius 1 is 1.05 bits per heavy atom. The Labute approximate surface area is 136 Å². The number of rotatable bonds is 6. The van der Waals surface area contributed by atoms with E-state index < -0.39 is 0 Å². The van der Waals surface area contributed by atoms with Gasteiger partial charge < -0.3 is 5.32 Å². The SMILES string of the molecule is Clc1ccc(Cl)c(CC(CNC2CC2)c2ccccc2)c1. The molecule has 0 amide bonds. The molecule has 0 heterocycles. The molecule has 0 saturated heterocycles. The van der Waals surface area contributed by atoms with Gasteiger partial charge in [0.1, 0.15) is 0 Å². The van der Waals surface area contributed by atoms with Gasteiger partial charge in [0.05, 0.1) is 0 Å². The van der Waals surface area contributed by atoms with Crippen molar-refractivity contribution in [3.8, 4) is 0 Å².